The van der Waals surface area contributed by atoms with E-state index in [9.17, 15) is 9.59 Å². The highest BCUT2D eigenvalue weighted by molar-refractivity contribution is 6.32. The summed E-state index contributed by atoms with van der Waals surface area (Å²) in [7, 11) is 1.51. The predicted octanol–water partition coefficient (Wildman–Crippen LogP) is 2.91. The van der Waals surface area contributed by atoms with E-state index in [1.54, 1.807) is 29.1 Å². The van der Waals surface area contributed by atoms with Crippen molar-refractivity contribution < 1.29 is 9.53 Å². The molecule has 10 nitrogen and oxygen atoms in total. The fraction of sp³-hybridized carbons (Fsp3) is 0.227. The number of halogens is 1. The molecule has 0 aliphatic carbocycles. The Morgan fingerprint density at radius 3 is 2.85 bits per heavy atom. The van der Waals surface area contributed by atoms with E-state index in [0.29, 0.717) is 29.0 Å². The van der Waals surface area contributed by atoms with Gasteiger partial charge in [-0.1, -0.05) is 18.5 Å². The van der Waals surface area contributed by atoms with Crippen LogP contribution in [0.25, 0.3) is 16.9 Å². The van der Waals surface area contributed by atoms with Gasteiger partial charge in [0, 0.05) is 37.1 Å². The number of anilines is 2. The second kappa shape index (κ2) is 9.70. The minimum Gasteiger partial charge on any atom is -0.478 e. The third-order valence-corrected chi connectivity index (χ3v) is 5.13. The number of carbonyl (C=O) groups is 1. The van der Waals surface area contributed by atoms with Crippen molar-refractivity contribution in [3.8, 4) is 11.7 Å². The molecule has 0 radical (unpaired) electrons. The maximum Gasteiger partial charge on any atom is 0.293 e. The highest BCUT2D eigenvalue weighted by Crippen LogP contribution is 2.27. The van der Waals surface area contributed by atoms with Gasteiger partial charge in [0.25, 0.3) is 17.4 Å². The quantitative estimate of drug-likeness (QED) is 0.409. The number of aromatic nitrogens is 5. The smallest absolute Gasteiger partial charge is 0.293 e. The Bertz CT molecular complexity index is 1350. The van der Waals surface area contributed by atoms with Gasteiger partial charge in [0.15, 0.2) is 18.2 Å². The fourth-order valence-electron chi connectivity index (χ4n) is 3.28. The molecule has 1 amide bonds. The van der Waals surface area contributed by atoms with Crippen LogP contribution in [0.5, 0.6) is 5.75 Å². The van der Waals surface area contributed by atoms with Crippen molar-refractivity contribution in [2.75, 3.05) is 19.0 Å². The minimum atomic E-state index is -0.321. The molecule has 0 saturated heterocycles. The molecule has 0 aliphatic heterocycles. The molecule has 4 aromatic rings. The normalized spacial score (nSPS) is 10.9. The fourth-order valence-corrected chi connectivity index (χ4v) is 3.42. The molecular weight excluding hydrogens is 446 g/mol. The second-order valence-corrected chi connectivity index (χ2v) is 7.55. The van der Waals surface area contributed by atoms with Crippen LogP contribution in [0.2, 0.25) is 5.02 Å². The van der Waals surface area contributed by atoms with Gasteiger partial charge >= 0.3 is 0 Å². The van der Waals surface area contributed by atoms with E-state index in [-0.39, 0.29) is 23.8 Å². The van der Waals surface area contributed by atoms with E-state index in [1.165, 1.54) is 17.9 Å². The summed E-state index contributed by atoms with van der Waals surface area (Å²) in [6.45, 7) is 2.26. The van der Waals surface area contributed by atoms with Crippen molar-refractivity contribution in [2.45, 2.75) is 19.9 Å². The molecule has 2 N–H and O–H groups in total. The predicted molar refractivity (Wildman–Crippen MR) is 126 cm³/mol. The Hall–Kier alpha value is -3.92. The van der Waals surface area contributed by atoms with Gasteiger partial charge in [0.1, 0.15) is 5.02 Å². The SMILES string of the molecule is CCCn1c(=O)c(OCC(=O)NC)cc2cc(Nc3nc(-n4cccn4)ncc3Cl)ccc21. The number of hydrogen-bond acceptors (Lipinski definition) is 7. The molecule has 33 heavy (non-hydrogen) atoms. The molecule has 0 atom stereocenters. The zero-order valence-electron chi connectivity index (χ0n) is 18.1. The number of aryl methyl sites for hydroxylation is 1. The van der Waals surface area contributed by atoms with E-state index in [2.05, 4.69) is 25.7 Å². The van der Waals surface area contributed by atoms with Crippen molar-refractivity contribution in [1.29, 1.82) is 0 Å². The van der Waals surface area contributed by atoms with Crippen LogP contribution >= 0.6 is 11.6 Å². The number of amides is 1. The number of rotatable bonds is 8. The Kier molecular flexibility index (Phi) is 6.55. The summed E-state index contributed by atoms with van der Waals surface area (Å²) in [6, 6.07) is 8.95. The van der Waals surface area contributed by atoms with Gasteiger partial charge in [-0.05, 0) is 36.8 Å². The number of nitrogens with zero attached hydrogens (tertiary/aromatic N) is 5. The highest BCUT2D eigenvalue weighted by atomic mass is 35.5. The number of benzene rings is 1. The molecule has 0 aliphatic rings. The average molecular weight is 468 g/mol. The van der Waals surface area contributed by atoms with E-state index >= 15 is 0 Å². The van der Waals surface area contributed by atoms with Crippen molar-refractivity contribution >= 4 is 39.9 Å². The third kappa shape index (κ3) is 4.80. The van der Waals surface area contributed by atoms with Crippen LogP contribution in [0.3, 0.4) is 0 Å². The van der Waals surface area contributed by atoms with Gasteiger partial charge in [-0.15, -0.1) is 0 Å². The molecule has 0 bridgehead atoms. The average Bonchev–Trinajstić information content (AvgIpc) is 3.36. The number of pyridine rings is 1. The van der Waals surface area contributed by atoms with Crippen molar-refractivity contribution in [3.63, 3.8) is 0 Å². The molecule has 0 fully saturated rings. The second-order valence-electron chi connectivity index (χ2n) is 7.14. The summed E-state index contributed by atoms with van der Waals surface area (Å²) in [5.74, 6) is 0.569. The molecule has 0 saturated carbocycles. The topological polar surface area (TPSA) is 116 Å². The minimum absolute atomic E-state index is 0.109. The van der Waals surface area contributed by atoms with Crippen LogP contribution in [0, 0.1) is 0 Å². The molecule has 4 rings (SSSR count). The molecule has 0 spiro atoms. The van der Waals surface area contributed by atoms with Crippen LogP contribution in [-0.2, 0) is 11.3 Å². The first-order valence-corrected chi connectivity index (χ1v) is 10.7. The third-order valence-electron chi connectivity index (χ3n) is 4.85. The first kappa shape index (κ1) is 22.3. The van der Waals surface area contributed by atoms with Gasteiger partial charge in [0.05, 0.1) is 11.7 Å². The lowest BCUT2D eigenvalue weighted by molar-refractivity contribution is -0.122. The van der Waals surface area contributed by atoms with Crippen LogP contribution in [0.1, 0.15) is 13.3 Å². The first-order valence-electron chi connectivity index (χ1n) is 10.3. The maximum absolute atomic E-state index is 12.9. The zero-order valence-corrected chi connectivity index (χ0v) is 18.8. The maximum atomic E-state index is 12.9. The largest absolute Gasteiger partial charge is 0.478 e. The number of fused-ring (bicyclic) bond motifs is 1. The first-order chi connectivity index (χ1) is 16.0. The van der Waals surface area contributed by atoms with Gasteiger partial charge in [-0.3, -0.25) is 9.59 Å². The standard InChI is InChI=1S/C22H22ClN7O3/c1-3-8-29-17-6-5-15(10-14(17)11-18(21(29)32)33-13-19(31)24-2)27-20-16(23)12-25-22(28-20)30-9-4-7-26-30/h4-7,9-12H,3,8,13H2,1-2H3,(H,24,31)(H,25,27,28). The van der Waals surface area contributed by atoms with Gasteiger partial charge in [-0.25, -0.2) is 9.67 Å². The Morgan fingerprint density at radius 2 is 2.12 bits per heavy atom. The molecular formula is C22H22ClN7O3. The van der Waals surface area contributed by atoms with Crippen LogP contribution in [0.15, 0.2) is 53.7 Å². The Labute approximate surface area is 194 Å². The Balaban J connectivity index is 1.71. The van der Waals surface area contributed by atoms with E-state index in [1.807, 2.05) is 25.1 Å². The van der Waals surface area contributed by atoms with E-state index in [4.69, 9.17) is 16.3 Å². The highest BCUT2D eigenvalue weighted by Gasteiger charge is 2.13. The lowest BCUT2D eigenvalue weighted by Crippen LogP contribution is -2.28. The molecule has 1 aromatic carbocycles. The van der Waals surface area contributed by atoms with E-state index < -0.39 is 0 Å². The molecule has 170 valence electrons. The van der Waals surface area contributed by atoms with Gasteiger partial charge in [-0.2, -0.15) is 10.1 Å². The van der Waals surface area contributed by atoms with Crippen LogP contribution < -0.4 is 20.9 Å². The lowest BCUT2D eigenvalue weighted by atomic mass is 10.1. The van der Waals surface area contributed by atoms with Crippen molar-refractivity contribution in [2.24, 2.45) is 0 Å². The number of ether oxygens (including phenoxy) is 1. The van der Waals surface area contributed by atoms with Gasteiger partial charge in [0.2, 0.25) is 0 Å². The zero-order chi connectivity index (χ0) is 23.4. The van der Waals surface area contributed by atoms with Crippen molar-refractivity contribution in [1.82, 2.24) is 29.6 Å². The van der Waals surface area contributed by atoms with Crippen LogP contribution in [-0.4, -0.2) is 43.9 Å². The molecule has 11 heteroatoms. The summed E-state index contributed by atoms with van der Waals surface area (Å²) < 4.78 is 8.68. The molecule has 3 aromatic heterocycles. The summed E-state index contributed by atoms with van der Waals surface area (Å²) in [4.78, 5) is 33.1. The molecule has 0 unspecified atom stereocenters. The van der Waals surface area contributed by atoms with E-state index in [0.717, 1.165) is 17.3 Å². The van der Waals surface area contributed by atoms with Crippen molar-refractivity contribution in [3.05, 3.63) is 64.3 Å². The van der Waals surface area contributed by atoms with Crippen LogP contribution in [0.4, 0.5) is 11.5 Å². The summed E-state index contributed by atoms with van der Waals surface area (Å²) in [5, 5.41) is 10.9. The number of carbonyl (C=O) groups excluding carboxylic acids is 1. The summed E-state index contributed by atoms with van der Waals surface area (Å²) >= 11 is 6.30. The number of likely N-dealkylation sites (N-methyl/N-ethyl adjacent to an activating group) is 1. The number of hydrogen-bond donors (Lipinski definition) is 2. The molecule has 3 heterocycles. The Morgan fingerprint density at radius 1 is 1.27 bits per heavy atom. The summed E-state index contributed by atoms with van der Waals surface area (Å²) in [5.41, 5.74) is 1.18. The lowest BCUT2D eigenvalue weighted by Gasteiger charge is -2.14. The number of nitrogens with one attached hydrogen (secondary N) is 2. The van der Waals surface area contributed by atoms with Gasteiger partial charge < -0.3 is 19.9 Å². The summed E-state index contributed by atoms with van der Waals surface area (Å²) in [6.07, 6.45) is 5.63. The monoisotopic (exact) mass is 467 g/mol.